The van der Waals surface area contributed by atoms with Gasteiger partial charge in [0.15, 0.2) is 0 Å². The topological polar surface area (TPSA) is 75.2 Å². The van der Waals surface area contributed by atoms with Crippen LogP contribution < -0.4 is 4.90 Å². The molecule has 0 aromatic carbocycles. The second-order valence-electron chi connectivity index (χ2n) is 9.02. The van der Waals surface area contributed by atoms with E-state index in [1.807, 2.05) is 24.3 Å². The molecule has 0 saturated carbocycles. The van der Waals surface area contributed by atoms with Crippen molar-refractivity contribution in [2.24, 2.45) is 5.92 Å². The number of hydrogen-bond acceptors (Lipinski definition) is 7. The molecule has 5 saturated heterocycles. The summed E-state index contributed by atoms with van der Waals surface area (Å²) in [6.07, 6.45) is 1.95. The summed E-state index contributed by atoms with van der Waals surface area (Å²) < 4.78 is 11.3. The van der Waals surface area contributed by atoms with Crippen molar-refractivity contribution in [3.8, 4) is 10.6 Å². The number of morpholine rings is 1. The highest BCUT2D eigenvalue weighted by molar-refractivity contribution is 7.19. The van der Waals surface area contributed by atoms with Gasteiger partial charge in [0, 0.05) is 25.6 Å². The molecule has 2 amide bonds. The van der Waals surface area contributed by atoms with Gasteiger partial charge < -0.3 is 14.4 Å². The Hall–Kier alpha value is -2.49. The zero-order chi connectivity index (χ0) is 21.7. The second-order valence-corrected chi connectivity index (χ2v) is 10.1. The van der Waals surface area contributed by atoms with Gasteiger partial charge in [-0.25, -0.2) is 9.78 Å². The Morgan fingerprint density at radius 1 is 1.06 bits per heavy atom. The fourth-order valence-corrected chi connectivity index (χ4v) is 6.38. The molecule has 0 aliphatic carbocycles. The summed E-state index contributed by atoms with van der Waals surface area (Å²) in [7, 11) is 0. The minimum Gasteiger partial charge on any atom is -0.439 e. The van der Waals surface area contributed by atoms with Crippen LogP contribution in [-0.4, -0.2) is 84.9 Å². The zero-order valence-corrected chi connectivity index (χ0v) is 18.7. The highest BCUT2D eigenvalue weighted by Crippen LogP contribution is 2.45. The molecule has 0 unspecified atom stereocenters. The lowest BCUT2D eigenvalue weighted by molar-refractivity contribution is -0.0881. The van der Waals surface area contributed by atoms with Crippen LogP contribution in [0, 0.1) is 5.92 Å². The molecule has 0 N–H and O–H groups in total. The van der Waals surface area contributed by atoms with Crippen LogP contribution in [0.1, 0.15) is 23.3 Å². The minimum absolute atomic E-state index is 0.0701. The molecular weight excluding hydrogens is 428 g/mol. The molecule has 5 aliphatic heterocycles. The van der Waals surface area contributed by atoms with E-state index >= 15 is 0 Å². The van der Waals surface area contributed by atoms with Gasteiger partial charge in [-0.2, -0.15) is 0 Å². The highest BCUT2D eigenvalue weighted by Gasteiger charge is 2.55. The molecule has 7 heterocycles. The molecule has 2 bridgehead atoms. The number of rotatable bonds is 3. The van der Waals surface area contributed by atoms with Crippen LogP contribution >= 0.6 is 11.3 Å². The fraction of sp³-hybridized carbons (Fsp3) is 0.522. The van der Waals surface area contributed by atoms with Crippen LogP contribution in [0.3, 0.4) is 0 Å². The molecule has 1 spiro atoms. The molecule has 2 aromatic heterocycles. The largest absolute Gasteiger partial charge is 0.439 e. The number of anilines is 1. The third-order valence-electron chi connectivity index (χ3n) is 7.14. The monoisotopic (exact) mass is 454 g/mol. The molecule has 2 aromatic rings. The molecule has 8 nitrogen and oxygen atoms in total. The van der Waals surface area contributed by atoms with Gasteiger partial charge in [0.1, 0.15) is 16.3 Å². The van der Waals surface area contributed by atoms with E-state index in [1.54, 1.807) is 15.9 Å². The average molecular weight is 455 g/mol. The maximum Gasteiger partial charge on any atom is 0.415 e. The van der Waals surface area contributed by atoms with Crippen molar-refractivity contribution in [1.82, 2.24) is 14.8 Å². The SMILES string of the molecule is O=C(c1cccc(-c2ccc(N3C[C@@]4(CN5CCC4CC5)OC3=O)s2)n1)N1CCOCC1. The number of piperidine rings is 3. The van der Waals surface area contributed by atoms with Gasteiger partial charge in [-0.1, -0.05) is 6.07 Å². The number of carbonyl (C=O) groups is 2. The predicted octanol–water partition coefficient (Wildman–Crippen LogP) is 2.70. The maximum absolute atomic E-state index is 12.8. The van der Waals surface area contributed by atoms with Crippen LogP contribution in [0.5, 0.6) is 0 Å². The fourth-order valence-electron chi connectivity index (χ4n) is 5.41. The Bertz CT molecular complexity index is 1040. The van der Waals surface area contributed by atoms with E-state index < -0.39 is 0 Å². The Balaban J connectivity index is 1.22. The first-order valence-electron chi connectivity index (χ1n) is 11.3. The average Bonchev–Trinajstić information content (AvgIpc) is 3.45. The Morgan fingerprint density at radius 3 is 2.62 bits per heavy atom. The molecule has 5 aliphatic rings. The normalized spacial score (nSPS) is 29.6. The first kappa shape index (κ1) is 20.1. The van der Waals surface area contributed by atoms with Crippen molar-refractivity contribution in [3.63, 3.8) is 0 Å². The number of ether oxygens (including phenoxy) is 2. The number of pyridine rings is 1. The summed E-state index contributed by atoms with van der Waals surface area (Å²) in [5, 5.41) is 0.866. The van der Waals surface area contributed by atoms with Crippen LogP contribution in [0.25, 0.3) is 10.6 Å². The third kappa shape index (κ3) is 3.39. The summed E-state index contributed by atoms with van der Waals surface area (Å²) in [6, 6.07) is 9.45. The Morgan fingerprint density at radius 2 is 1.88 bits per heavy atom. The van der Waals surface area contributed by atoms with E-state index in [2.05, 4.69) is 9.88 Å². The summed E-state index contributed by atoms with van der Waals surface area (Å²) >= 11 is 1.51. The van der Waals surface area contributed by atoms with Crippen LogP contribution in [0.2, 0.25) is 0 Å². The van der Waals surface area contributed by atoms with Gasteiger partial charge in [0.05, 0.1) is 30.3 Å². The van der Waals surface area contributed by atoms with Gasteiger partial charge in [-0.05, 0) is 50.2 Å². The summed E-state index contributed by atoms with van der Waals surface area (Å²) in [6.45, 7) is 5.96. The molecule has 5 fully saturated rings. The summed E-state index contributed by atoms with van der Waals surface area (Å²) in [5.41, 5.74) is 0.803. The first-order chi connectivity index (χ1) is 15.6. The van der Waals surface area contributed by atoms with Crippen molar-refractivity contribution in [1.29, 1.82) is 0 Å². The van der Waals surface area contributed by atoms with Crippen molar-refractivity contribution in [2.75, 3.05) is 57.4 Å². The first-order valence-corrected chi connectivity index (χ1v) is 12.1. The van der Waals surface area contributed by atoms with Gasteiger partial charge in [0.25, 0.3) is 5.91 Å². The number of nitrogens with zero attached hydrogens (tertiary/aromatic N) is 4. The standard InChI is InChI=1S/C23H26N4O4S/c28-21(26-10-12-30-13-11-26)18-3-1-2-17(24-18)19-4-5-20(32-19)27-15-23(31-22(27)29)14-25-8-6-16(23)7-9-25/h1-5,16H,6-15H2/t23-/m1/s1. The second kappa shape index (κ2) is 7.83. The molecule has 32 heavy (non-hydrogen) atoms. The van der Waals surface area contributed by atoms with E-state index in [0.29, 0.717) is 44.5 Å². The van der Waals surface area contributed by atoms with Gasteiger partial charge >= 0.3 is 6.09 Å². The minimum atomic E-state index is -0.375. The van der Waals surface area contributed by atoms with E-state index in [-0.39, 0.29) is 17.6 Å². The smallest absolute Gasteiger partial charge is 0.415 e. The molecule has 7 rings (SSSR count). The number of aromatic nitrogens is 1. The summed E-state index contributed by atoms with van der Waals surface area (Å²) in [4.78, 5) is 37.1. The molecule has 0 radical (unpaired) electrons. The van der Waals surface area contributed by atoms with Crippen molar-refractivity contribution >= 4 is 28.3 Å². The zero-order valence-electron chi connectivity index (χ0n) is 17.9. The predicted molar refractivity (Wildman–Crippen MR) is 120 cm³/mol. The Kier molecular flexibility index (Phi) is 4.93. The third-order valence-corrected chi connectivity index (χ3v) is 8.27. The maximum atomic E-state index is 12.8. The van der Waals surface area contributed by atoms with Gasteiger partial charge in [0.2, 0.25) is 0 Å². The Labute approximate surface area is 190 Å². The van der Waals surface area contributed by atoms with Crippen molar-refractivity contribution < 1.29 is 19.1 Å². The van der Waals surface area contributed by atoms with E-state index in [0.717, 1.165) is 48.0 Å². The summed E-state index contributed by atoms with van der Waals surface area (Å²) in [5.74, 6) is 0.379. The van der Waals surface area contributed by atoms with Gasteiger partial charge in [-0.15, -0.1) is 11.3 Å². The quantitative estimate of drug-likeness (QED) is 0.710. The molecule has 9 heteroatoms. The molecule has 1 atom stereocenters. The van der Waals surface area contributed by atoms with E-state index in [1.165, 1.54) is 11.3 Å². The number of hydrogen-bond donors (Lipinski definition) is 0. The highest BCUT2D eigenvalue weighted by atomic mass is 32.1. The lowest BCUT2D eigenvalue weighted by Crippen LogP contribution is -2.61. The van der Waals surface area contributed by atoms with Gasteiger partial charge in [-0.3, -0.25) is 14.6 Å². The van der Waals surface area contributed by atoms with E-state index in [4.69, 9.17) is 9.47 Å². The number of fused-ring (bicyclic) bond motifs is 2. The van der Waals surface area contributed by atoms with Crippen LogP contribution in [0.4, 0.5) is 9.80 Å². The number of carbonyl (C=O) groups excluding carboxylic acids is 2. The number of amides is 2. The lowest BCUT2D eigenvalue weighted by Gasteiger charge is -2.49. The lowest BCUT2D eigenvalue weighted by atomic mass is 9.75. The van der Waals surface area contributed by atoms with Crippen molar-refractivity contribution in [3.05, 3.63) is 36.0 Å². The van der Waals surface area contributed by atoms with E-state index in [9.17, 15) is 9.59 Å². The van der Waals surface area contributed by atoms with Crippen LogP contribution in [0.15, 0.2) is 30.3 Å². The van der Waals surface area contributed by atoms with Crippen LogP contribution in [-0.2, 0) is 9.47 Å². The van der Waals surface area contributed by atoms with Crippen molar-refractivity contribution in [2.45, 2.75) is 18.4 Å². The number of thiophene rings is 1. The molecule has 168 valence electrons. The molecular formula is C23H26N4O4S.